The van der Waals surface area contributed by atoms with Crippen molar-refractivity contribution in [1.29, 1.82) is 5.26 Å². The smallest absolute Gasteiger partial charge is 0.303 e. The van der Waals surface area contributed by atoms with Crippen molar-refractivity contribution in [3.8, 4) is 17.3 Å². The summed E-state index contributed by atoms with van der Waals surface area (Å²) in [6.45, 7) is -0.159. The third kappa shape index (κ3) is 4.01. The van der Waals surface area contributed by atoms with E-state index in [0.29, 0.717) is 11.1 Å². The van der Waals surface area contributed by atoms with Crippen molar-refractivity contribution in [2.45, 2.75) is 12.7 Å². The van der Waals surface area contributed by atoms with Gasteiger partial charge >= 0.3 is 6.18 Å². The number of hydrogen-bond acceptors (Lipinski definition) is 4. The Hall–Kier alpha value is -3.93. The first kappa shape index (κ1) is 19.8. The lowest BCUT2D eigenvalue weighted by Gasteiger charge is -2.17. The molecule has 0 aliphatic carbocycles. The molecule has 0 amide bonds. The fourth-order valence-electron chi connectivity index (χ4n) is 2.89. The number of nitro benzene ring substituents is 1. The molecule has 0 atom stereocenters. The lowest BCUT2D eigenvalue weighted by molar-refractivity contribution is -0.384. The molecular formula is C20H12F3N3O3. The molecule has 0 N–H and O–H groups in total. The standard InChI is InChI=1S/C20H12F3N3O3/c21-20(22,23)17-10-18(14-4-2-1-3-5-14)25(19(27)16(17)11-24)12-13-6-8-15(9-7-13)26(28)29/h1-10H,12H2. The maximum atomic E-state index is 13.4. The van der Waals surface area contributed by atoms with E-state index in [1.807, 2.05) is 0 Å². The second-order valence-electron chi connectivity index (χ2n) is 6.11. The number of benzene rings is 2. The number of nitro groups is 1. The summed E-state index contributed by atoms with van der Waals surface area (Å²) in [7, 11) is 0. The summed E-state index contributed by atoms with van der Waals surface area (Å²) < 4.78 is 41.3. The van der Waals surface area contributed by atoms with E-state index in [9.17, 15) is 33.3 Å². The highest BCUT2D eigenvalue weighted by Gasteiger charge is 2.36. The molecule has 0 spiro atoms. The molecule has 6 nitrogen and oxygen atoms in total. The molecule has 3 aromatic rings. The molecule has 0 fully saturated rings. The van der Waals surface area contributed by atoms with Crippen molar-refractivity contribution in [3.63, 3.8) is 0 Å². The van der Waals surface area contributed by atoms with Crippen LogP contribution in [0.3, 0.4) is 0 Å². The summed E-state index contributed by atoms with van der Waals surface area (Å²) in [6, 6.07) is 15.4. The highest BCUT2D eigenvalue weighted by Crippen LogP contribution is 2.33. The van der Waals surface area contributed by atoms with Gasteiger partial charge in [0.2, 0.25) is 0 Å². The molecule has 0 saturated carbocycles. The molecule has 0 aliphatic heterocycles. The molecule has 1 aromatic heterocycles. The second kappa shape index (κ2) is 7.59. The molecule has 0 saturated heterocycles. The summed E-state index contributed by atoms with van der Waals surface area (Å²) >= 11 is 0. The first-order valence-corrected chi connectivity index (χ1v) is 8.26. The van der Waals surface area contributed by atoms with Gasteiger partial charge in [-0.3, -0.25) is 14.9 Å². The van der Waals surface area contributed by atoms with Crippen molar-refractivity contribution in [2.75, 3.05) is 0 Å². The van der Waals surface area contributed by atoms with Crippen molar-refractivity contribution in [3.05, 3.63) is 97.8 Å². The SMILES string of the molecule is N#Cc1c(C(F)(F)F)cc(-c2ccccc2)n(Cc2ccc([N+](=O)[O-])cc2)c1=O. The van der Waals surface area contributed by atoms with Gasteiger partial charge in [0, 0.05) is 12.1 Å². The van der Waals surface area contributed by atoms with E-state index in [2.05, 4.69) is 0 Å². The van der Waals surface area contributed by atoms with E-state index in [4.69, 9.17) is 0 Å². The van der Waals surface area contributed by atoms with E-state index >= 15 is 0 Å². The third-order valence-corrected chi connectivity index (χ3v) is 4.27. The zero-order chi connectivity index (χ0) is 21.2. The van der Waals surface area contributed by atoms with Crippen LogP contribution in [-0.2, 0) is 12.7 Å². The largest absolute Gasteiger partial charge is 0.417 e. The number of aromatic nitrogens is 1. The van der Waals surface area contributed by atoms with Gasteiger partial charge in [-0.1, -0.05) is 42.5 Å². The molecule has 0 unspecified atom stereocenters. The van der Waals surface area contributed by atoms with Crippen molar-refractivity contribution < 1.29 is 18.1 Å². The normalized spacial score (nSPS) is 11.1. The van der Waals surface area contributed by atoms with Gasteiger partial charge in [0.05, 0.1) is 22.7 Å². The molecule has 0 bridgehead atoms. The number of halogens is 3. The van der Waals surface area contributed by atoms with Crippen LogP contribution in [0.25, 0.3) is 11.3 Å². The lowest BCUT2D eigenvalue weighted by atomic mass is 10.0. The number of rotatable bonds is 4. The van der Waals surface area contributed by atoms with Gasteiger partial charge in [-0.15, -0.1) is 0 Å². The van der Waals surface area contributed by atoms with Gasteiger partial charge in [-0.25, -0.2) is 0 Å². The van der Waals surface area contributed by atoms with E-state index < -0.39 is 27.8 Å². The predicted molar refractivity (Wildman–Crippen MR) is 98.1 cm³/mol. The average Bonchev–Trinajstić information content (AvgIpc) is 2.69. The van der Waals surface area contributed by atoms with Crippen molar-refractivity contribution in [1.82, 2.24) is 4.57 Å². The van der Waals surface area contributed by atoms with E-state index in [0.717, 1.165) is 10.6 Å². The van der Waals surface area contributed by atoms with Crippen LogP contribution in [0.15, 0.2) is 65.5 Å². The minimum absolute atomic E-state index is 0.0136. The number of alkyl halides is 3. The Morgan fingerprint density at radius 2 is 1.69 bits per heavy atom. The first-order valence-electron chi connectivity index (χ1n) is 8.26. The van der Waals surface area contributed by atoms with Gasteiger partial charge in [-0.2, -0.15) is 18.4 Å². The maximum Gasteiger partial charge on any atom is 0.417 e. The molecule has 146 valence electrons. The van der Waals surface area contributed by atoms with E-state index in [-0.39, 0.29) is 17.9 Å². The quantitative estimate of drug-likeness (QED) is 0.482. The zero-order valence-electron chi connectivity index (χ0n) is 14.7. The molecule has 29 heavy (non-hydrogen) atoms. The number of pyridine rings is 1. The topological polar surface area (TPSA) is 88.9 Å². The third-order valence-electron chi connectivity index (χ3n) is 4.27. The van der Waals surface area contributed by atoms with Crippen LogP contribution >= 0.6 is 0 Å². The second-order valence-corrected chi connectivity index (χ2v) is 6.11. The van der Waals surface area contributed by atoms with Crippen LogP contribution in [-0.4, -0.2) is 9.49 Å². The number of hydrogen-bond donors (Lipinski definition) is 0. The van der Waals surface area contributed by atoms with Crippen LogP contribution in [0.1, 0.15) is 16.7 Å². The highest BCUT2D eigenvalue weighted by molar-refractivity contribution is 5.62. The van der Waals surface area contributed by atoms with Gasteiger partial charge in [0.15, 0.2) is 0 Å². The minimum Gasteiger partial charge on any atom is -0.303 e. The van der Waals surface area contributed by atoms with Crippen molar-refractivity contribution >= 4 is 5.69 Å². The van der Waals surface area contributed by atoms with Gasteiger partial charge in [0.1, 0.15) is 11.6 Å². The summed E-state index contributed by atoms with van der Waals surface area (Å²) in [5, 5.41) is 20.0. The lowest BCUT2D eigenvalue weighted by Crippen LogP contribution is -2.28. The Bertz CT molecular complexity index is 1160. The van der Waals surface area contributed by atoms with Crippen LogP contribution in [0, 0.1) is 21.4 Å². The molecule has 0 aliphatic rings. The fourth-order valence-corrected chi connectivity index (χ4v) is 2.89. The summed E-state index contributed by atoms with van der Waals surface area (Å²) in [5.74, 6) is 0. The predicted octanol–water partition coefficient (Wildman–Crippen LogP) is 4.36. The van der Waals surface area contributed by atoms with Crippen LogP contribution in [0.5, 0.6) is 0 Å². The maximum absolute atomic E-state index is 13.4. The average molecular weight is 399 g/mol. The Balaban J connectivity index is 2.23. The van der Waals surface area contributed by atoms with Crippen molar-refractivity contribution in [2.24, 2.45) is 0 Å². The molecule has 9 heteroatoms. The highest BCUT2D eigenvalue weighted by atomic mass is 19.4. The summed E-state index contributed by atoms with van der Waals surface area (Å²) in [4.78, 5) is 23.0. The van der Waals surface area contributed by atoms with E-state index in [1.165, 1.54) is 30.3 Å². The summed E-state index contributed by atoms with van der Waals surface area (Å²) in [6.07, 6.45) is -4.87. The van der Waals surface area contributed by atoms with Gasteiger partial charge < -0.3 is 4.57 Å². The van der Waals surface area contributed by atoms with E-state index in [1.54, 1.807) is 30.3 Å². The fraction of sp³-hybridized carbons (Fsp3) is 0.100. The molecule has 3 rings (SSSR count). The summed E-state index contributed by atoms with van der Waals surface area (Å²) in [5.41, 5.74) is -2.74. The molecular weight excluding hydrogens is 387 g/mol. The Morgan fingerprint density at radius 3 is 2.21 bits per heavy atom. The number of non-ortho nitro benzene ring substituents is 1. The monoisotopic (exact) mass is 399 g/mol. The zero-order valence-corrected chi connectivity index (χ0v) is 14.7. The Labute approximate surface area is 162 Å². The first-order chi connectivity index (χ1) is 13.7. The molecule has 0 radical (unpaired) electrons. The minimum atomic E-state index is -4.87. The molecule has 1 heterocycles. The van der Waals surface area contributed by atoms with Gasteiger partial charge in [-0.05, 0) is 17.2 Å². The van der Waals surface area contributed by atoms with Gasteiger partial charge in [0.25, 0.3) is 11.2 Å². The van der Waals surface area contributed by atoms with Crippen LogP contribution < -0.4 is 5.56 Å². The number of nitriles is 1. The Morgan fingerprint density at radius 1 is 1.07 bits per heavy atom. The van der Waals surface area contributed by atoms with Crippen LogP contribution in [0.4, 0.5) is 18.9 Å². The molecule has 2 aromatic carbocycles. The Kier molecular flexibility index (Phi) is 5.19. The van der Waals surface area contributed by atoms with Crippen LogP contribution in [0.2, 0.25) is 0 Å². The number of nitrogens with zero attached hydrogens (tertiary/aromatic N) is 3.